The van der Waals surface area contributed by atoms with Crippen LogP contribution in [0.5, 0.6) is 5.75 Å². The first-order chi connectivity index (χ1) is 9.65. The van der Waals surface area contributed by atoms with E-state index in [2.05, 4.69) is 55.2 Å². The maximum absolute atomic E-state index is 5.27. The van der Waals surface area contributed by atoms with E-state index in [4.69, 9.17) is 4.74 Å². The third kappa shape index (κ3) is 3.81. The van der Waals surface area contributed by atoms with E-state index < -0.39 is 0 Å². The van der Waals surface area contributed by atoms with E-state index in [-0.39, 0.29) is 6.04 Å². The lowest BCUT2D eigenvalue weighted by Crippen LogP contribution is -2.22. The van der Waals surface area contributed by atoms with Gasteiger partial charge >= 0.3 is 0 Å². The average molecular weight is 420 g/mol. The Kier molecular flexibility index (Phi) is 6.01. The summed E-state index contributed by atoms with van der Waals surface area (Å²) in [6.07, 6.45) is 4.69. The highest BCUT2D eigenvalue weighted by Crippen LogP contribution is 2.37. The van der Waals surface area contributed by atoms with Gasteiger partial charge in [0.2, 0.25) is 0 Å². The summed E-state index contributed by atoms with van der Waals surface area (Å²) >= 11 is 8.83. The minimum Gasteiger partial charge on any atom is -0.495 e. The number of thiophene rings is 1. The Bertz CT molecular complexity index is 555. The number of ether oxygens (including phenoxy) is 1. The summed E-state index contributed by atoms with van der Waals surface area (Å²) in [5.41, 5.74) is 1.11. The van der Waals surface area contributed by atoms with Gasteiger partial charge in [-0.2, -0.15) is 0 Å². The zero-order valence-electron chi connectivity index (χ0n) is 11.3. The number of hydrogen-bond acceptors (Lipinski definition) is 4. The van der Waals surface area contributed by atoms with Gasteiger partial charge in [0.05, 0.1) is 23.1 Å². The molecule has 2 heterocycles. The van der Waals surface area contributed by atoms with Crippen LogP contribution in [0, 0.1) is 0 Å². The van der Waals surface area contributed by atoms with E-state index in [1.54, 1.807) is 24.6 Å². The van der Waals surface area contributed by atoms with Crippen LogP contribution in [0.1, 0.15) is 29.8 Å². The number of rotatable bonds is 6. The Morgan fingerprint density at radius 2 is 2.15 bits per heavy atom. The van der Waals surface area contributed by atoms with Crippen LogP contribution >= 0.6 is 43.2 Å². The van der Waals surface area contributed by atoms with E-state index in [0.717, 1.165) is 32.5 Å². The number of hydrogen-bond donors (Lipinski definition) is 1. The van der Waals surface area contributed by atoms with E-state index in [1.165, 1.54) is 4.88 Å². The molecule has 0 aliphatic carbocycles. The van der Waals surface area contributed by atoms with Gasteiger partial charge in [0.25, 0.3) is 0 Å². The van der Waals surface area contributed by atoms with Crippen LogP contribution in [-0.4, -0.2) is 18.6 Å². The summed E-state index contributed by atoms with van der Waals surface area (Å²) in [7, 11) is 1.66. The molecule has 20 heavy (non-hydrogen) atoms. The van der Waals surface area contributed by atoms with Crippen molar-refractivity contribution in [3.63, 3.8) is 0 Å². The maximum Gasteiger partial charge on any atom is 0.137 e. The van der Waals surface area contributed by atoms with Gasteiger partial charge in [-0.05, 0) is 62.5 Å². The van der Waals surface area contributed by atoms with Gasteiger partial charge in [0.1, 0.15) is 5.75 Å². The average Bonchev–Trinajstić information content (AvgIpc) is 2.79. The zero-order valence-corrected chi connectivity index (χ0v) is 15.3. The molecule has 0 amide bonds. The quantitative estimate of drug-likeness (QED) is 0.732. The number of aromatic nitrogens is 1. The van der Waals surface area contributed by atoms with Crippen molar-refractivity contribution in [2.75, 3.05) is 13.7 Å². The summed E-state index contributed by atoms with van der Waals surface area (Å²) in [5, 5.41) is 3.57. The van der Waals surface area contributed by atoms with Gasteiger partial charge in [-0.3, -0.25) is 4.98 Å². The van der Waals surface area contributed by atoms with Crippen LogP contribution < -0.4 is 10.1 Å². The Balaban J connectivity index is 2.35. The molecular formula is C14H16Br2N2OS. The molecule has 0 saturated carbocycles. The molecule has 108 valence electrons. The van der Waals surface area contributed by atoms with Crippen molar-refractivity contribution in [2.45, 2.75) is 19.4 Å². The van der Waals surface area contributed by atoms with Crippen molar-refractivity contribution in [3.05, 3.63) is 43.2 Å². The first kappa shape index (κ1) is 15.9. The van der Waals surface area contributed by atoms with Gasteiger partial charge in [0.15, 0.2) is 0 Å². The Morgan fingerprint density at radius 1 is 1.35 bits per heavy atom. The molecule has 1 unspecified atom stereocenters. The number of nitrogens with zero attached hydrogens (tertiary/aromatic N) is 1. The van der Waals surface area contributed by atoms with Crippen LogP contribution in [-0.2, 0) is 0 Å². The molecule has 0 aliphatic heterocycles. The molecular weight excluding hydrogens is 404 g/mol. The van der Waals surface area contributed by atoms with Crippen molar-refractivity contribution >= 4 is 43.2 Å². The van der Waals surface area contributed by atoms with Crippen LogP contribution in [0.3, 0.4) is 0 Å². The lowest BCUT2D eigenvalue weighted by Gasteiger charge is -2.17. The molecule has 2 rings (SSSR count). The van der Waals surface area contributed by atoms with Crippen LogP contribution in [0.2, 0.25) is 0 Å². The van der Waals surface area contributed by atoms with Crippen molar-refractivity contribution in [3.8, 4) is 5.75 Å². The molecule has 0 saturated heterocycles. The van der Waals surface area contributed by atoms with E-state index in [9.17, 15) is 0 Å². The minimum atomic E-state index is 0.130. The Morgan fingerprint density at radius 3 is 2.75 bits per heavy atom. The third-order valence-electron chi connectivity index (χ3n) is 2.85. The van der Waals surface area contributed by atoms with Gasteiger partial charge in [-0.25, -0.2) is 0 Å². The number of pyridine rings is 1. The second-order valence-corrected chi connectivity index (χ2v) is 7.57. The van der Waals surface area contributed by atoms with Crippen molar-refractivity contribution in [1.29, 1.82) is 0 Å². The highest BCUT2D eigenvalue weighted by atomic mass is 79.9. The van der Waals surface area contributed by atoms with Crippen LogP contribution in [0.4, 0.5) is 0 Å². The van der Waals surface area contributed by atoms with Crippen molar-refractivity contribution in [2.24, 2.45) is 0 Å². The van der Waals surface area contributed by atoms with Gasteiger partial charge < -0.3 is 10.1 Å². The molecule has 2 aromatic rings. The maximum atomic E-state index is 5.27. The predicted octanol–water partition coefficient (Wildman–Crippen LogP) is 4.77. The third-order valence-corrected chi connectivity index (χ3v) is 6.17. The van der Waals surface area contributed by atoms with Crippen molar-refractivity contribution in [1.82, 2.24) is 10.3 Å². The smallest absolute Gasteiger partial charge is 0.137 e. The molecule has 0 aromatic carbocycles. The fourth-order valence-corrected chi connectivity index (χ4v) is 4.08. The fourth-order valence-electron chi connectivity index (χ4n) is 1.88. The number of halogens is 2. The topological polar surface area (TPSA) is 34.2 Å². The summed E-state index contributed by atoms with van der Waals surface area (Å²) in [4.78, 5) is 5.50. The summed E-state index contributed by atoms with van der Waals surface area (Å²) in [6.45, 7) is 3.11. The highest BCUT2D eigenvalue weighted by Gasteiger charge is 2.18. The van der Waals surface area contributed by atoms with E-state index in [1.807, 2.05) is 12.3 Å². The first-order valence-corrected chi connectivity index (χ1v) is 8.73. The van der Waals surface area contributed by atoms with Gasteiger partial charge in [0, 0.05) is 15.5 Å². The highest BCUT2D eigenvalue weighted by molar-refractivity contribution is 9.13. The Hall–Kier alpha value is -0.430. The molecule has 0 radical (unpaired) electrons. The molecule has 1 atom stereocenters. The van der Waals surface area contributed by atoms with Gasteiger partial charge in [-0.1, -0.05) is 6.92 Å². The number of nitrogens with one attached hydrogen (secondary N) is 1. The molecule has 1 N–H and O–H groups in total. The lowest BCUT2D eigenvalue weighted by molar-refractivity contribution is 0.411. The SMILES string of the molecule is CCCNC(c1cncc(OC)c1)c1cc(Br)c(Br)s1. The summed E-state index contributed by atoms with van der Waals surface area (Å²) in [6, 6.07) is 4.30. The Labute approximate surface area is 140 Å². The zero-order chi connectivity index (χ0) is 14.5. The summed E-state index contributed by atoms with van der Waals surface area (Å²) < 4.78 is 7.45. The normalized spacial score (nSPS) is 12.4. The molecule has 2 aromatic heterocycles. The molecule has 0 spiro atoms. The van der Waals surface area contributed by atoms with E-state index >= 15 is 0 Å². The second-order valence-electron chi connectivity index (χ2n) is 4.32. The van der Waals surface area contributed by atoms with Gasteiger partial charge in [-0.15, -0.1) is 11.3 Å². The molecule has 0 fully saturated rings. The molecule has 3 nitrogen and oxygen atoms in total. The monoisotopic (exact) mass is 418 g/mol. The molecule has 6 heteroatoms. The molecule has 0 aliphatic rings. The predicted molar refractivity (Wildman–Crippen MR) is 90.6 cm³/mol. The second kappa shape index (κ2) is 7.54. The lowest BCUT2D eigenvalue weighted by atomic mass is 10.1. The molecule has 0 bridgehead atoms. The van der Waals surface area contributed by atoms with Crippen molar-refractivity contribution < 1.29 is 4.74 Å². The van der Waals surface area contributed by atoms with E-state index in [0.29, 0.717) is 0 Å². The number of methoxy groups -OCH3 is 1. The van der Waals surface area contributed by atoms with Crippen LogP contribution in [0.25, 0.3) is 0 Å². The first-order valence-electron chi connectivity index (χ1n) is 6.32. The standard InChI is InChI=1S/C14H16Br2N2OS/c1-3-4-18-13(12-6-11(15)14(16)20-12)9-5-10(19-2)8-17-7-9/h5-8,13,18H,3-4H2,1-2H3. The summed E-state index contributed by atoms with van der Waals surface area (Å²) in [5.74, 6) is 0.778. The fraction of sp³-hybridized carbons (Fsp3) is 0.357. The largest absolute Gasteiger partial charge is 0.495 e. The van der Waals surface area contributed by atoms with Crippen LogP contribution in [0.15, 0.2) is 32.8 Å². The minimum absolute atomic E-state index is 0.130.